The van der Waals surface area contributed by atoms with E-state index in [0.717, 1.165) is 17.1 Å². The van der Waals surface area contributed by atoms with Gasteiger partial charge in [0.25, 0.3) is 0 Å². The van der Waals surface area contributed by atoms with Gasteiger partial charge in [-0.25, -0.2) is 12.7 Å². The van der Waals surface area contributed by atoms with E-state index in [1.54, 1.807) is 30.0 Å². The summed E-state index contributed by atoms with van der Waals surface area (Å²) in [7, 11) is -0.343. The van der Waals surface area contributed by atoms with Gasteiger partial charge in [-0.2, -0.15) is 0 Å². The van der Waals surface area contributed by atoms with Crippen molar-refractivity contribution >= 4 is 27.5 Å². The van der Waals surface area contributed by atoms with Gasteiger partial charge in [0.15, 0.2) is 0 Å². The molecule has 0 atom stereocenters. The maximum Gasteiger partial charge on any atom is 0.242 e. The van der Waals surface area contributed by atoms with Crippen molar-refractivity contribution in [2.45, 2.75) is 30.1 Å². The molecule has 19 heavy (non-hydrogen) atoms. The summed E-state index contributed by atoms with van der Waals surface area (Å²) >= 11 is 1.61. The molecule has 0 amide bonds. The lowest BCUT2D eigenvalue weighted by molar-refractivity contribution is 0.520. The fraction of sp³-hybridized carbons (Fsp3) is 0.538. The van der Waals surface area contributed by atoms with Crippen molar-refractivity contribution in [3.8, 4) is 0 Å². The van der Waals surface area contributed by atoms with Crippen molar-refractivity contribution in [1.29, 1.82) is 0 Å². The van der Waals surface area contributed by atoms with Crippen molar-refractivity contribution in [2.75, 3.05) is 25.6 Å². The van der Waals surface area contributed by atoms with Gasteiger partial charge in [-0.3, -0.25) is 0 Å². The SMILES string of the molecule is CC(C)CCSc1cc(S(=O)(=O)N(C)C)ccc1N. The van der Waals surface area contributed by atoms with E-state index < -0.39 is 10.0 Å². The van der Waals surface area contributed by atoms with Crippen LogP contribution in [-0.2, 0) is 10.0 Å². The maximum absolute atomic E-state index is 12.1. The largest absolute Gasteiger partial charge is 0.398 e. The van der Waals surface area contributed by atoms with Crippen LogP contribution in [0.25, 0.3) is 0 Å². The summed E-state index contributed by atoms with van der Waals surface area (Å²) in [5.74, 6) is 1.57. The summed E-state index contributed by atoms with van der Waals surface area (Å²) in [4.78, 5) is 1.13. The van der Waals surface area contributed by atoms with Crippen LogP contribution >= 0.6 is 11.8 Å². The Morgan fingerprint density at radius 3 is 2.47 bits per heavy atom. The van der Waals surface area contributed by atoms with Crippen LogP contribution in [0.15, 0.2) is 28.0 Å². The average molecular weight is 302 g/mol. The van der Waals surface area contributed by atoms with E-state index in [-0.39, 0.29) is 0 Å². The van der Waals surface area contributed by atoms with Crippen LogP contribution in [0.2, 0.25) is 0 Å². The predicted octanol–water partition coefficient (Wildman–Crippen LogP) is 2.66. The summed E-state index contributed by atoms with van der Waals surface area (Å²) in [6.45, 7) is 4.33. The highest BCUT2D eigenvalue weighted by atomic mass is 32.2. The molecule has 1 aromatic rings. The van der Waals surface area contributed by atoms with Crippen LogP contribution in [0.4, 0.5) is 5.69 Å². The van der Waals surface area contributed by atoms with E-state index >= 15 is 0 Å². The molecule has 0 radical (unpaired) electrons. The van der Waals surface area contributed by atoms with Gasteiger partial charge >= 0.3 is 0 Å². The standard InChI is InChI=1S/C13H22N2O2S2/c1-10(2)7-8-18-13-9-11(5-6-12(13)14)19(16,17)15(3)4/h5-6,9-10H,7-8,14H2,1-4H3. The number of benzene rings is 1. The van der Waals surface area contributed by atoms with Crippen molar-refractivity contribution in [2.24, 2.45) is 5.92 Å². The van der Waals surface area contributed by atoms with Crippen LogP contribution in [0, 0.1) is 5.92 Å². The third kappa shape index (κ3) is 4.40. The highest BCUT2D eigenvalue weighted by Gasteiger charge is 2.18. The highest BCUT2D eigenvalue weighted by Crippen LogP contribution is 2.29. The van der Waals surface area contributed by atoms with Crippen molar-refractivity contribution in [3.05, 3.63) is 18.2 Å². The third-order valence-corrected chi connectivity index (χ3v) is 5.63. The van der Waals surface area contributed by atoms with E-state index in [1.165, 1.54) is 18.4 Å². The van der Waals surface area contributed by atoms with Gasteiger partial charge < -0.3 is 5.73 Å². The zero-order valence-corrected chi connectivity index (χ0v) is 13.5. The average Bonchev–Trinajstić information content (AvgIpc) is 2.30. The number of hydrogen-bond acceptors (Lipinski definition) is 4. The van der Waals surface area contributed by atoms with E-state index in [9.17, 15) is 8.42 Å². The summed E-state index contributed by atoms with van der Waals surface area (Å²) in [5.41, 5.74) is 6.53. The van der Waals surface area contributed by atoms with Gasteiger partial charge in [0.1, 0.15) is 0 Å². The molecule has 1 aromatic carbocycles. The first kappa shape index (κ1) is 16.3. The molecule has 4 nitrogen and oxygen atoms in total. The molecule has 1 rings (SSSR count). The monoisotopic (exact) mass is 302 g/mol. The number of nitrogens with zero attached hydrogens (tertiary/aromatic N) is 1. The van der Waals surface area contributed by atoms with Gasteiger partial charge in [-0.05, 0) is 36.3 Å². The van der Waals surface area contributed by atoms with E-state index in [4.69, 9.17) is 5.73 Å². The van der Waals surface area contributed by atoms with Crippen LogP contribution in [0.5, 0.6) is 0 Å². The first-order valence-corrected chi connectivity index (χ1v) is 8.62. The van der Waals surface area contributed by atoms with Gasteiger partial charge in [0.05, 0.1) is 4.90 Å². The van der Waals surface area contributed by atoms with E-state index in [0.29, 0.717) is 16.5 Å². The maximum atomic E-state index is 12.1. The summed E-state index contributed by atoms with van der Waals surface area (Å²) in [6, 6.07) is 4.88. The van der Waals surface area contributed by atoms with E-state index in [1.807, 2.05) is 0 Å². The number of nitrogens with two attached hydrogens (primary N) is 1. The minimum Gasteiger partial charge on any atom is -0.398 e. The molecule has 0 aliphatic heterocycles. The Morgan fingerprint density at radius 1 is 1.32 bits per heavy atom. The zero-order valence-electron chi connectivity index (χ0n) is 11.9. The Hall–Kier alpha value is -0.720. The Balaban J connectivity index is 2.95. The molecule has 0 saturated heterocycles. The minimum atomic E-state index is -3.39. The number of thioether (sulfide) groups is 1. The molecule has 0 aliphatic rings. The second-order valence-corrected chi connectivity index (χ2v) is 8.31. The summed E-state index contributed by atoms with van der Waals surface area (Å²) < 4.78 is 25.3. The minimum absolute atomic E-state index is 0.291. The van der Waals surface area contributed by atoms with Crippen molar-refractivity contribution < 1.29 is 8.42 Å². The lowest BCUT2D eigenvalue weighted by Gasteiger charge is -2.13. The van der Waals surface area contributed by atoms with Gasteiger partial charge in [0.2, 0.25) is 10.0 Å². The molecule has 0 bridgehead atoms. The number of sulfonamides is 1. The fourth-order valence-electron chi connectivity index (χ4n) is 1.42. The topological polar surface area (TPSA) is 63.4 Å². The lowest BCUT2D eigenvalue weighted by Crippen LogP contribution is -2.22. The Labute approximate surface area is 120 Å². The number of rotatable bonds is 6. The number of anilines is 1. The second kappa shape index (κ2) is 6.63. The van der Waals surface area contributed by atoms with Crippen LogP contribution < -0.4 is 5.73 Å². The molecule has 0 spiro atoms. The molecule has 0 aliphatic carbocycles. The lowest BCUT2D eigenvalue weighted by atomic mass is 10.2. The molecule has 108 valence electrons. The second-order valence-electron chi connectivity index (χ2n) is 5.02. The molecular formula is C13H22N2O2S2. The molecule has 0 fully saturated rings. The normalized spacial score (nSPS) is 12.3. The molecule has 0 unspecified atom stereocenters. The van der Waals surface area contributed by atoms with Gasteiger partial charge in [-0.1, -0.05) is 13.8 Å². The molecule has 0 aromatic heterocycles. The van der Waals surface area contributed by atoms with Crippen LogP contribution in [0.3, 0.4) is 0 Å². The van der Waals surface area contributed by atoms with Gasteiger partial charge in [-0.15, -0.1) is 11.8 Å². The molecule has 0 saturated carbocycles. The Morgan fingerprint density at radius 2 is 1.95 bits per heavy atom. The summed E-state index contributed by atoms with van der Waals surface area (Å²) in [6.07, 6.45) is 1.08. The van der Waals surface area contributed by atoms with Crippen LogP contribution in [-0.4, -0.2) is 32.6 Å². The summed E-state index contributed by atoms with van der Waals surface area (Å²) in [5, 5.41) is 0. The van der Waals surface area contributed by atoms with Crippen molar-refractivity contribution in [3.63, 3.8) is 0 Å². The highest BCUT2D eigenvalue weighted by molar-refractivity contribution is 7.99. The molecular weight excluding hydrogens is 280 g/mol. The van der Waals surface area contributed by atoms with Crippen LogP contribution in [0.1, 0.15) is 20.3 Å². The molecule has 0 heterocycles. The van der Waals surface area contributed by atoms with Gasteiger partial charge in [0, 0.05) is 24.7 Å². The molecule has 2 N–H and O–H groups in total. The molecule has 6 heteroatoms. The first-order valence-electron chi connectivity index (χ1n) is 6.20. The Bertz CT molecular complexity index is 525. The quantitative estimate of drug-likeness (QED) is 0.648. The predicted molar refractivity (Wildman–Crippen MR) is 81.9 cm³/mol. The fourth-order valence-corrected chi connectivity index (χ4v) is 3.67. The zero-order chi connectivity index (χ0) is 14.6. The first-order chi connectivity index (χ1) is 8.75. The smallest absolute Gasteiger partial charge is 0.242 e. The third-order valence-electron chi connectivity index (χ3n) is 2.72. The number of nitrogen functional groups attached to an aromatic ring is 1. The Kier molecular flexibility index (Phi) is 5.70. The van der Waals surface area contributed by atoms with Crippen molar-refractivity contribution in [1.82, 2.24) is 4.31 Å². The van der Waals surface area contributed by atoms with E-state index in [2.05, 4.69) is 13.8 Å². The number of hydrogen-bond donors (Lipinski definition) is 1.